The third-order valence-electron chi connectivity index (χ3n) is 4.68. The maximum absolute atomic E-state index is 12.4. The number of methoxy groups -OCH3 is 2. The first-order valence-corrected chi connectivity index (χ1v) is 8.34. The van der Waals surface area contributed by atoms with E-state index >= 15 is 0 Å². The predicted octanol–water partition coefficient (Wildman–Crippen LogP) is 1.28. The lowest BCUT2D eigenvalue weighted by atomic mass is 10.0. The molecule has 0 spiro atoms. The van der Waals surface area contributed by atoms with E-state index < -0.39 is 23.8 Å². The van der Waals surface area contributed by atoms with Crippen molar-refractivity contribution in [3.8, 4) is 11.5 Å². The first-order valence-electron chi connectivity index (χ1n) is 8.34. The Morgan fingerprint density at radius 3 is 2.54 bits per heavy atom. The molecular formula is C18H24N2O6. The number of benzene rings is 1. The number of rotatable bonds is 7. The van der Waals surface area contributed by atoms with E-state index in [0.717, 1.165) is 0 Å². The van der Waals surface area contributed by atoms with Crippen molar-refractivity contribution in [1.29, 1.82) is 0 Å². The molecule has 0 bridgehead atoms. The van der Waals surface area contributed by atoms with Crippen LogP contribution >= 0.6 is 0 Å². The van der Waals surface area contributed by atoms with E-state index in [-0.39, 0.29) is 24.8 Å². The SMILES string of the molecule is COc1ccc(N2CC(C(=O)NC(C)C(C)C(=O)O)CC2=O)c(OC)c1. The van der Waals surface area contributed by atoms with E-state index in [1.807, 2.05) is 0 Å². The number of carboxylic acids is 1. The average molecular weight is 364 g/mol. The maximum Gasteiger partial charge on any atom is 0.308 e. The Labute approximate surface area is 152 Å². The molecule has 1 heterocycles. The Bertz CT molecular complexity index is 705. The van der Waals surface area contributed by atoms with Gasteiger partial charge in [-0.3, -0.25) is 14.4 Å². The van der Waals surface area contributed by atoms with Crippen LogP contribution < -0.4 is 19.7 Å². The van der Waals surface area contributed by atoms with E-state index in [1.54, 1.807) is 25.1 Å². The molecular weight excluding hydrogens is 340 g/mol. The molecule has 1 aliphatic heterocycles. The van der Waals surface area contributed by atoms with Crippen molar-refractivity contribution in [3.05, 3.63) is 18.2 Å². The fourth-order valence-electron chi connectivity index (χ4n) is 2.81. The second kappa shape index (κ2) is 8.07. The molecule has 2 amide bonds. The third-order valence-corrected chi connectivity index (χ3v) is 4.68. The summed E-state index contributed by atoms with van der Waals surface area (Å²) in [7, 11) is 3.03. The zero-order valence-electron chi connectivity index (χ0n) is 15.3. The van der Waals surface area contributed by atoms with Crippen LogP contribution in [0.15, 0.2) is 18.2 Å². The fourth-order valence-corrected chi connectivity index (χ4v) is 2.81. The molecule has 1 aromatic carbocycles. The van der Waals surface area contributed by atoms with E-state index in [1.165, 1.54) is 26.0 Å². The van der Waals surface area contributed by atoms with Gasteiger partial charge in [0.1, 0.15) is 11.5 Å². The van der Waals surface area contributed by atoms with Crippen LogP contribution in [-0.4, -0.2) is 49.7 Å². The molecule has 1 aromatic rings. The van der Waals surface area contributed by atoms with Crippen LogP contribution in [0.1, 0.15) is 20.3 Å². The number of nitrogens with zero attached hydrogens (tertiary/aromatic N) is 1. The van der Waals surface area contributed by atoms with E-state index in [2.05, 4.69) is 5.32 Å². The molecule has 0 saturated carbocycles. The number of carboxylic acid groups (broad SMARTS) is 1. The summed E-state index contributed by atoms with van der Waals surface area (Å²) in [6.45, 7) is 3.38. The number of hydrogen-bond donors (Lipinski definition) is 2. The lowest BCUT2D eigenvalue weighted by Gasteiger charge is -2.21. The minimum Gasteiger partial charge on any atom is -0.497 e. The number of hydrogen-bond acceptors (Lipinski definition) is 5. The number of amides is 2. The number of ether oxygens (including phenoxy) is 2. The third kappa shape index (κ3) is 4.07. The maximum atomic E-state index is 12.4. The minimum atomic E-state index is -0.982. The molecule has 8 nitrogen and oxygen atoms in total. The molecule has 8 heteroatoms. The molecule has 142 valence electrons. The summed E-state index contributed by atoms with van der Waals surface area (Å²) in [4.78, 5) is 37.4. The molecule has 3 atom stereocenters. The average Bonchev–Trinajstić information content (AvgIpc) is 3.01. The summed E-state index contributed by atoms with van der Waals surface area (Å²) in [5.41, 5.74) is 0.570. The highest BCUT2D eigenvalue weighted by Gasteiger charge is 2.37. The summed E-state index contributed by atoms with van der Waals surface area (Å²) >= 11 is 0. The minimum absolute atomic E-state index is 0.0647. The molecule has 0 aromatic heterocycles. The highest BCUT2D eigenvalue weighted by molar-refractivity contribution is 6.01. The highest BCUT2D eigenvalue weighted by Crippen LogP contribution is 2.35. The molecule has 1 saturated heterocycles. The molecule has 1 aliphatic rings. The van der Waals surface area contributed by atoms with E-state index in [4.69, 9.17) is 14.6 Å². The summed E-state index contributed by atoms with van der Waals surface area (Å²) in [5.74, 6) is -1.67. The first-order chi connectivity index (χ1) is 12.3. The number of carbonyl (C=O) groups excluding carboxylic acids is 2. The largest absolute Gasteiger partial charge is 0.497 e. The Hall–Kier alpha value is -2.77. The van der Waals surface area contributed by atoms with Crippen LogP contribution in [0.3, 0.4) is 0 Å². The van der Waals surface area contributed by atoms with Gasteiger partial charge in [-0.1, -0.05) is 0 Å². The number of anilines is 1. The van der Waals surface area contributed by atoms with Gasteiger partial charge in [0.15, 0.2) is 0 Å². The van der Waals surface area contributed by atoms with Gasteiger partial charge in [-0.05, 0) is 26.0 Å². The first kappa shape index (κ1) is 19.6. The van der Waals surface area contributed by atoms with Gasteiger partial charge in [-0.25, -0.2) is 0 Å². The van der Waals surface area contributed by atoms with Crippen LogP contribution in [0.4, 0.5) is 5.69 Å². The monoisotopic (exact) mass is 364 g/mol. The van der Waals surface area contributed by atoms with Crippen molar-refractivity contribution in [2.24, 2.45) is 11.8 Å². The topological polar surface area (TPSA) is 105 Å². The number of nitrogens with one attached hydrogen (secondary N) is 1. The molecule has 0 aliphatic carbocycles. The van der Waals surface area contributed by atoms with Crippen molar-refractivity contribution in [1.82, 2.24) is 5.32 Å². The van der Waals surface area contributed by atoms with Crippen molar-refractivity contribution < 1.29 is 29.0 Å². The lowest BCUT2D eigenvalue weighted by Crippen LogP contribution is -2.43. The second-order valence-electron chi connectivity index (χ2n) is 6.37. The van der Waals surface area contributed by atoms with E-state index in [0.29, 0.717) is 17.2 Å². The van der Waals surface area contributed by atoms with Crippen molar-refractivity contribution >= 4 is 23.5 Å². The second-order valence-corrected chi connectivity index (χ2v) is 6.37. The quantitative estimate of drug-likeness (QED) is 0.755. The van der Waals surface area contributed by atoms with Gasteiger partial charge >= 0.3 is 5.97 Å². The van der Waals surface area contributed by atoms with Gasteiger partial charge in [-0.2, -0.15) is 0 Å². The van der Waals surface area contributed by atoms with Gasteiger partial charge in [0.05, 0.1) is 31.7 Å². The normalized spacial score (nSPS) is 19.0. The molecule has 2 rings (SSSR count). The van der Waals surface area contributed by atoms with Crippen LogP contribution in [0.25, 0.3) is 0 Å². The van der Waals surface area contributed by atoms with E-state index in [9.17, 15) is 14.4 Å². The Balaban J connectivity index is 2.11. The van der Waals surface area contributed by atoms with Crippen LogP contribution in [-0.2, 0) is 14.4 Å². The Kier molecular flexibility index (Phi) is 6.07. The van der Waals surface area contributed by atoms with Gasteiger partial charge in [0.25, 0.3) is 0 Å². The summed E-state index contributed by atoms with van der Waals surface area (Å²) in [6, 6.07) is 4.58. The number of carbonyl (C=O) groups is 3. The van der Waals surface area contributed by atoms with Crippen molar-refractivity contribution in [2.75, 3.05) is 25.7 Å². The van der Waals surface area contributed by atoms with Gasteiger partial charge in [-0.15, -0.1) is 0 Å². The van der Waals surface area contributed by atoms with Gasteiger partial charge in [0, 0.05) is 25.1 Å². The smallest absolute Gasteiger partial charge is 0.308 e. The zero-order valence-corrected chi connectivity index (χ0v) is 15.3. The summed E-state index contributed by atoms with van der Waals surface area (Å²) in [5, 5.41) is 11.7. The van der Waals surface area contributed by atoms with Crippen molar-refractivity contribution in [3.63, 3.8) is 0 Å². The Morgan fingerprint density at radius 2 is 1.96 bits per heavy atom. The lowest BCUT2D eigenvalue weighted by molar-refractivity contribution is -0.142. The molecule has 1 fully saturated rings. The molecule has 3 unspecified atom stereocenters. The van der Waals surface area contributed by atoms with Crippen LogP contribution in [0.5, 0.6) is 11.5 Å². The molecule has 26 heavy (non-hydrogen) atoms. The fraction of sp³-hybridized carbons (Fsp3) is 0.500. The Morgan fingerprint density at radius 1 is 1.27 bits per heavy atom. The van der Waals surface area contributed by atoms with Crippen molar-refractivity contribution in [2.45, 2.75) is 26.3 Å². The molecule has 2 N–H and O–H groups in total. The standard InChI is InChI=1S/C18H24N2O6/c1-10(18(23)24)11(2)19-17(22)12-7-16(21)20(9-12)14-6-5-13(25-3)8-15(14)26-4/h5-6,8,10-12H,7,9H2,1-4H3,(H,19,22)(H,23,24). The number of aliphatic carboxylic acids is 1. The van der Waals surface area contributed by atoms with Crippen LogP contribution in [0.2, 0.25) is 0 Å². The summed E-state index contributed by atoms with van der Waals surface area (Å²) in [6.07, 6.45) is 0.0647. The summed E-state index contributed by atoms with van der Waals surface area (Å²) < 4.78 is 10.5. The predicted molar refractivity (Wildman–Crippen MR) is 94.4 cm³/mol. The van der Waals surface area contributed by atoms with Gasteiger partial charge < -0.3 is 24.8 Å². The molecule has 0 radical (unpaired) electrons. The highest BCUT2D eigenvalue weighted by atomic mass is 16.5. The van der Waals surface area contributed by atoms with Gasteiger partial charge in [0.2, 0.25) is 11.8 Å². The zero-order chi connectivity index (χ0) is 19.4. The van der Waals surface area contributed by atoms with Crippen LogP contribution in [0, 0.1) is 11.8 Å².